The van der Waals surface area contributed by atoms with E-state index in [9.17, 15) is 4.79 Å². The lowest BCUT2D eigenvalue weighted by atomic mass is 9.77. The van der Waals surface area contributed by atoms with Crippen LogP contribution in [-0.4, -0.2) is 21.0 Å². The Kier molecular flexibility index (Phi) is 2.43. The maximum Gasteiger partial charge on any atom is 0.245 e. The number of carbonyl (C=O) groups is 1. The van der Waals surface area contributed by atoms with Gasteiger partial charge in [-0.2, -0.15) is 0 Å². The average molecular weight is 234 g/mol. The smallest absolute Gasteiger partial charge is 0.245 e. The molecule has 5 heteroatoms. The maximum atomic E-state index is 12.0. The molecular weight excluding hydrogens is 216 g/mol. The molecule has 1 saturated carbocycles. The Labute approximate surface area is 100 Å². The molecule has 5 nitrogen and oxygen atoms in total. The van der Waals surface area contributed by atoms with Gasteiger partial charge in [0.25, 0.3) is 0 Å². The van der Waals surface area contributed by atoms with E-state index in [4.69, 9.17) is 5.73 Å². The van der Waals surface area contributed by atoms with Crippen LogP contribution in [-0.2, 0) is 17.8 Å². The van der Waals surface area contributed by atoms with Gasteiger partial charge in [-0.1, -0.05) is 0 Å². The summed E-state index contributed by atoms with van der Waals surface area (Å²) in [6.07, 6.45) is 7.73. The monoisotopic (exact) mass is 234 g/mol. The molecule has 0 aromatic carbocycles. The summed E-state index contributed by atoms with van der Waals surface area (Å²) >= 11 is 0. The Morgan fingerprint density at radius 1 is 1.41 bits per heavy atom. The van der Waals surface area contributed by atoms with E-state index in [0.29, 0.717) is 0 Å². The zero-order valence-corrected chi connectivity index (χ0v) is 9.91. The minimum absolute atomic E-state index is 0.0583. The third-order valence-electron chi connectivity index (χ3n) is 3.91. The van der Waals surface area contributed by atoms with E-state index in [0.717, 1.165) is 50.3 Å². The molecule has 1 aliphatic carbocycles. The highest BCUT2D eigenvalue weighted by Gasteiger charge is 2.40. The Morgan fingerprint density at radius 2 is 2.24 bits per heavy atom. The molecule has 1 aromatic rings. The van der Waals surface area contributed by atoms with Crippen LogP contribution in [0.5, 0.6) is 0 Å². The van der Waals surface area contributed by atoms with Gasteiger partial charge in [-0.15, -0.1) is 0 Å². The molecule has 0 radical (unpaired) electrons. The van der Waals surface area contributed by atoms with Gasteiger partial charge in [0.05, 0.1) is 11.7 Å². The molecule has 2 aliphatic rings. The number of carbonyl (C=O) groups excluding carboxylic acids is 1. The highest BCUT2D eigenvalue weighted by atomic mass is 16.2. The van der Waals surface area contributed by atoms with Gasteiger partial charge >= 0.3 is 0 Å². The summed E-state index contributed by atoms with van der Waals surface area (Å²) < 4.78 is 2.10. The molecule has 0 atom stereocenters. The number of hydrogen-bond acceptors (Lipinski definition) is 3. The van der Waals surface area contributed by atoms with Gasteiger partial charge in [-0.3, -0.25) is 4.79 Å². The van der Waals surface area contributed by atoms with Gasteiger partial charge < -0.3 is 15.6 Å². The van der Waals surface area contributed by atoms with Crippen molar-refractivity contribution in [2.24, 2.45) is 5.73 Å². The predicted octanol–water partition coefficient (Wildman–Crippen LogP) is 1.04. The topological polar surface area (TPSA) is 72.9 Å². The largest absolute Gasteiger partial charge is 0.317 e. The first-order valence-corrected chi connectivity index (χ1v) is 6.34. The summed E-state index contributed by atoms with van der Waals surface area (Å²) in [6, 6.07) is 0. The fourth-order valence-corrected chi connectivity index (χ4v) is 2.54. The second kappa shape index (κ2) is 3.84. The van der Waals surface area contributed by atoms with Crippen LogP contribution < -0.4 is 11.1 Å². The zero-order valence-electron chi connectivity index (χ0n) is 9.91. The number of rotatable bonds is 2. The van der Waals surface area contributed by atoms with Crippen molar-refractivity contribution in [3.8, 4) is 0 Å². The van der Waals surface area contributed by atoms with Crippen molar-refractivity contribution in [2.75, 3.05) is 5.32 Å². The van der Waals surface area contributed by atoms with Crippen LogP contribution in [0.1, 0.15) is 37.9 Å². The number of imidazole rings is 1. The Morgan fingerprint density at radius 3 is 2.94 bits per heavy atom. The molecule has 3 N–H and O–H groups in total. The molecule has 1 aromatic heterocycles. The lowest BCUT2D eigenvalue weighted by Gasteiger charge is -2.36. The van der Waals surface area contributed by atoms with E-state index in [1.54, 1.807) is 6.20 Å². The molecular formula is C12H18N4O. The molecule has 3 rings (SSSR count). The molecule has 0 bridgehead atoms. The summed E-state index contributed by atoms with van der Waals surface area (Å²) in [7, 11) is 0. The Hall–Kier alpha value is -1.36. The van der Waals surface area contributed by atoms with Crippen LogP contribution >= 0.6 is 0 Å². The number of amides is 1. The van der Waals surface area contributed by atoms with Gasteiger partial charge in [0, 0.05) is 13.0 Å². The number of nitrogens with one attached hydrogen (secondary N) is 1. The van der Waals surface area contributed by atoms with E-state index in [1.165, 1.54) is 6.42 Å². The van der Waals surface area contributed by atoms with Crippen LogP contribution in [0.15, 0.2) is 6.20 Å². The van der Waals surface area contributed by atoms with Crippen LogP contribution in [0, 0.1) is 0 Å². The first kappa shape index (κ1) is 10.8. The van der Waals surface area contributed by atoms with E-state index in [1.807, 2.05) is 0 Å². The van der Waals surface area contributed by atoms with Crippen molar-refractivity contribution in [3.05, 3.63) is 12.0 Å². The SMILES string of the molecule is NC1(C(=O)Nc2cnc3n2CCCC3)CCC1. The number of fused-ring (bicyclic) bond motifs is 1. The zero-order chi connectivity index (χ0) is 11.9. The molecule has 1 aliphatic heterocycles. The van der Waals surface area contributed by atoms with Gasteiger partial charge in [-0.25, -0.2) is 4.98 Å². The van der Waals surface area contributed by atoms with E-state index in [-0.39, 0.29) is 5.91 Å². The standard InChI is InChI=1S/C12H18N4O/c13-12(5-3-6-12)11(17)15-10-8-14-9-4-1-2-7-16(9)10/h8H,1-7,13H2,(H,15,17). The molecule has 92 valence electrons. The number of aromatic nitrogens is 2. The first-order valence-electron chi connectivity index (χ1n) is 6.34. The molecule has 0 unspecified atom stereocenters. The number of hydrogen-bond donors (Lipinski definition) is 2. The summed E-state index contributed by atoms with van der Waals surface area (Å²) in [6.45, 7) is 0.947. The second-order valence-corrected chi connectivity index (χ2v) is 5.13. The van der Waals surface area contributed by atoms with Crippen molar-refractivity contribution in [2.45, 2.75) is 50.6 Å². The van der Waals surface area contributed by atoms with Crippen LogP contribution in [0.4, 0.5) is 5.82 Å². The van der Waals surface area contributed by atoms with Crippen LogP contribution in [0.3, 0.4) is 0 Å². The van der Waals surface area contributed by atoms with E-state index in [2.05, 4.69) is 14.9 Å². The summed E-state index contributed by atoms with van der Waals surface area (Å²) in [5.74, 6) is 1.82. The average Bonchev–Trinajstić information content (AvgIpc) is 2.70. The highest BCUT2D eigenvalue weighted by Crippen LogP contribution is 2.30. The molecule has 0 saturated heterocycles. The number of nitrogens with two attached hydrogens (primary N) is 1. The van der Waals surface area contributed by atoms with E-state index >= 15 is 0 Å². The van der Waals surface area contributed by atoms with Crippen molar-refractivity contribution < 1.29 is 4.79 Å². The quantitative estimate of drug-likeness (QED) is 0.803. The maximum absolute atomic E-state index is 12.0. The molecule has 2 heterocycles. The second-order valence-electron chi connectivity index (χ2n) is 5.13. The van der Waals surface area contributed by atoms with Crippen LogP contribution in [0.2, 0.25) is 0 Å². The lowest BCUT2D eigenvalue weighted by molar-refractivity contribution is -0.123. The Balaban J connectivity index is 1.77. The number of aryl methyl sites for hydroxylation is 1. The lowest BCUT2D eigenvalue weighted by Crippen LogP contribution is -2.56. The number of nitrogens with zero attached hydrogens (tertiary/aromatic N) is 2. The first-order chi connectivity index (χ1) is 8.19. The third-order valence-corrected chi connectivity index (χ3v) is 3.91. The highest BCUT2D eigenvalue weighted by molar-refractivity contribution is 5.98. The minimum atomic E-state index is -0.640. The minimum Gasteiger partial charge on any atom is -0.317 e. The summed E-state index contributed by atoms with van der Waals surface area (Å²) in [5.41, 5.74) is 5.36. The third kappa shape index (κ3) is 1.74. The molecule has 1 amide bonds. The summed E-state index contributed by atoms with van der Waals surface area (Å²) in [4.78, 5) is 16.4. The molecule has 17 heavy (non-hydrogen) atoms. The molecule has 1 fully saturated rings. The number of anilines is 1. The van der Waals surface area contributed by atoms with Gasteiger partial charge in [0.15, 0.2) is 0 Å². The Bertz CT molecular complexity index is 447. The molecule has 0 spiro atoms. The van der Waals surface area contributed by atoms with Crippen molar-refractivity contribution in [1.82, 2.24) is 9.55 Å². The predicted molar refractivity (Wildman–Crippen MR) is 64.6 cm³/mol. The van der Waals surface area contributed by atoms with Gasteiger partial charge in [0.1, 0.15) is 11.6 Å². The fourth-order valence-electron chi connectivity index (χ4n) is 2.54. The normalized spacial score (nSPS) is 21.5. The van der Waals surface area contributed by atoms with Crippen molar-refractivity contribution in [3.63, 3.8) is 0 Å². The van der Waals surface area contributed by atoms with Crippen molar-refractivity contribution >= 4 is 11.7 Å². The van der Waals surface area contributed by atoms with Crippen LogP contribution in [0.25, 0.3) is 0 Å². The van der Waals surface area contributed by atoms with Gasteiger partial charge in [-0.05, 0) is 32.1 Å². The summed E-state index contributed by atoms with van der Waals surface area (Å²) in [5, 5.41) is 2.93. The van der Waals surface area contributed by atoms with Gasteiger partial charge in [0.2, 0.25) is 5.91 Å². The van der Waals surface area contributed by atoms with Crippen molar-refractivity contribution in [1.29, 1.82) is 0 Å². The fraction of sp³-hybridized carbons (Fsp3) is 0.667. The van der Waals surface area contributed by atoms with E-state index < -0.39 is 5.54 Å².